The first-order valence-corrected chi connectivity index (χ1v) is 5.62. The number of hydrogen-bond donors (Lipinski definition) is 0. The Hall–Kier alpha value is -0.830. The summed E-state index contributed by atoms with van der Waals surface area (Å²) < 4.78 is 22.8. The van der Waals surface area contributed by atoms with Gasteiger partial charge in [0.15, 0.2) is 9.84 Å². The number of benzene rings is 1. The predicted molar refractivity (Wildman–Crippen MR) is 47.5 cm³/mol. The van der Waals surface area contributed by atoms with E-state index in [1.165, 1.54) is 0 Å². The molecule has 0 aromatic heterocycles. The zero-order valence-electron chi connectivity index (χ0n) is 6.82. The minimum atomic E-state index is -2.88. The SMILES string of the molecule is CC1c2ccccc2CS1(=O)=O. The third kappa shape index (κ3) is 0.966. The van der Waals surface area contributed by atoms with Crippen molar-refractivity contribution < 1.29 is 8.42 Å². The molecule has 1 aliphatic heterocycles. The Kier molecular flexibility index (Phi) is 1.51. The maximum Gasteiger partial charge on any atom is 0.161 e. The molecule has 0 fully saturated rings. The van der Waals surface area contributed by atoms with Gasteiger partial charge in [0.1, 0.15) is 0 Å². The van der Waals surface area contributed by atoms with Crippen molar-refractivity contribution in [2.24, 2.45) is 0 Å². The van der Waals surface area contributed by atoms with Crippen LogP contribution >= 0.6 is 0 Å². The molecule has 0 radical (unpaired) electrons. The highest BCUT2D eigenvalue weighted by Crippen LogP contribution is 2.35. The molecule has 0 aliphatic carbocycles. The van der Waals surface area contributed by atoms with Gasteiger partial charge in [0, 0.05) is 0 Å². The standard InChI is InChI=1S/C9H10O2S/c1-7-9-5-3-2-4-8(9)6-12(7,10)11/h2-5,7H,6H2,1H3. The lowest BCUT2D eigenvalue weighted by atomic mass is 10.1. The van der Waals surface area contributed by atoms with Gasteiger partial charge < -0.3 is 0 Å². The molecule has 2 rings (SSSR count). The molecule has 0 saturated heterocycles. The van der Waals surface area contributed by atoms with Gasteiger partial charge in [-0.1, -0.05) is 24.3 Å². The summed E-state index contributed by atoms with van der Waals surface area (Å²) in [5.74, 6) is 0.213. The number of hydrogen-bond acceptors (Lipinski definition) is 2. The average molecular weight is 182 g/mol. The minimum absolute atomic E-state index is 0.213. The monoisotopic (exact) mass is 182 g/mol. The van der Waals surface area contributed by atoms with E-state index in [1.807, 2.05) is 24.3 Å². The van der Waals surface area contributed by atoms with E-state index in [0.717, 1.165) is 11.1 Å². The Bertz CT molecular complexity index is 406. The predicted octanol–water partition coefficient (Wildman–Crippen LogP) is 1.68. The molecule has 0 N–H and O–H groups in total. The first-order valence-electron chi connectivity index (χ1n) is 3.90. The van der Waals surface area contributed by atoms with Crippen LogP contribution in [0.5, 0.6) is 0 Å². The molecule has 2 nitrogen and oxygen atoms in total. The fraction of sp³-hybridized carbons (Fsp3) is 0.333. The summed E-state index contributed by atoms with van der Waals surface area (Å²) in [4.78, 5) is 0. The van der Waals surface area contributed by atoms with Gasteiger partial charge in [-0.05, 0) is 18.1 Å². The molecule has 1 aromatic carbocycles. The molecule has 0 amide bonds. The lowest BCUT2D eigenvalue weighted by Gasteiger charge is -2.01. The maximum absolute atomic E-state index is 11.4. The minimum Gasteiger partial charge on any atom is -0.228 e. The summed E-state index contributed by atoms with van der Waals surface area (Å²) in [5, 5.41) is -0.311. The molecule has 1 heterocycles. The third-order valence-corrected chi connectivity index (χ3v) is 4.43. The van der Waals surface area contributed by atoms with E-state index < -0.39 is 9.84 Å². The van der Waals surface area contributed by atoms with Crippen molar-refractivity contribution >= 4 is 9.84 Å². The number of sulfone groups is 1. The zero-order chi connectivity index (χ0) is 8.77. The van der Waals surface area contributed by atoms with Crippen LogP contribution in [0.4, 0.5) is 0 Å². The lowest BCUT2D eigenvalue weighted by Crippen LogP contribution is -2.01. The van der Waals surface area contributed by atoms with E-state index >= 15 is 0 Å². The Morgan fingerprint density at radius 2 is 2.00 bits per heavy atom. The van der Waals surface area contributed by atoms with Crippen molar-refractivity contribution in [1.29, 1.82) is 0 Å². The van der Waals surface area contributed by atoms with E-state index in [0.29, 0.717) is 0 Å². The Labute approximate surface area is 72.1 Å². The highest BCUT2D eigenvalue weighted by atomic mass is 32.2. The van der Waals surface area contributed by atoms with Gasteiger partial charge in [0.25, 0.3) is 0 Å². The molecular weight excluding hydrogens is 172 g/mol. The fourth-order valence-electron chi connectivity index (χ4n) is 1.60. The smallest absolute Gasteiger partial charge is 0.161 e. The van der Waals surface area contributed by atoms with E-state index in [1.54, 1.807) is 6.92 Å². The summed E-state index contributed by atoms with van der Waals surface area (Å²) >= 11 is 0. The van der Waals surface area contributed by atoms with Gasteiger partial charge >= 0.3 is 0 Å². The third-order valence-electron chi connectivity index (χ3n) is 2.39. The van der Waals surface area contributed by atoms with Crippen molar-refractivity contribution in [2.45, 2.75) is 17.9 Å². The molecule has 0 saturated carbocycles. The van der Waals surface area contributed by atoms with Gasteiger partial charge in [-0.25, -0.2) is 8.42 Å². The van der Waals surface area contributed by atoms with Crippen LogP contribution in [0, 0.1) is 0 Å². The normalized spacial score (nSPS) is 25.2. The van der Waals surface area contributed by atoms with Crippen molar-refractivity contribution in [3.8, 4) is 0 Å². The van der Waals surface area contributed by atoms with Gasteiger partial charge in [0.05, 0.1) is 11.0 Å². The molecule has 1 aromatic rings. The largest absolute Gasteiger partial charge is 0.228 e. The topological polar surface area (TPSA) is 34.1 Å². The number of fused-ring (bicyclic) bond motifs is 1. The van der Waals surface area contributed by atoms with Gasteiger partial charge in [-0.2, -0.15) is 0 Å². The molecule has 0 bridgehead atoms. The van der Waals surface area contributed by atoms with Crippen LogP contribution in [0.1, 0.15) is 23.3 Å². The molecule has 12 heavy (non-hydrogen) atoms. The first-order chi connectivity index (χ1) is 5.61. The van der Waals surface area contributed by atoms with Crippen molar-refractivity contribution in [2.75, 3.05) is 0 Å². The van der Waals surface area contributed by atoms with Crippen LogP contribution in [0.25, 0.3) is 0 Å². The second-order valence-corrected chi connectivity index (χ2v) is 5.47. The highest BCUT2D eigenvalue weighted by Gasteiger charge is 2.32. The van der Waals surface area contributed by atoms with Crippen LogP contribution in [-0.4, -0.2) is 8.42 Å². The highest BCUT2D eigenvalue weighted by molar-refractivity contribution is 7.91. The van der Waals surface area contributed by atoms with Gasteiger partial charge in [-0.15, -0.1) is 0 Å². The average Bonchev–Trinajstić information content (AvgIpc) is 2.24. The first kappa shape index (κ1) is 7.80. The summed E-state index contributed by atoms with van der Waals surface area (Å²) in [7, 11) is -2.88. The quantitative estimate of drug-likeness (QED) is 0.611. The van der Waals surface area contributed by atoms with Crippen LogP contribution in [-0.2, 0) is 15.6 Å². The molecule has 3 heteroatoms. The van der Waals surface area contributed by atoms with Gasteiger partial charge in [-0.3, -0.25) is 0 Å². The Balaban J connectivity index is 2.64. The van der Waals surface area contributed by atoms with Crippen LogP contribution in [0.2, 0.25) is 0 Å². The lowest BCUT2D eigenvalue weighted by molar-refractivity contribution is 0.590. The van der Waals surface area contributed by atoms with E-state index in [4.69, 9.17) is 0 Å². The van der Waals surface area contributed by atoms with Gasteiger partial charge in [0.2, 0.25) is 0 Å². The fourth-order valence-corrected chi connectivity index (χ4v) is 3.16. The molecule has 1 aliphatic rings. The summed E-state index contributed by atoms with van der Waals surface area (Å²) in [5.41, 5.74) is 1.93. The van der Waals surface area contributed by atoms with Crippen molar-refractivity contribution in [3.05, 3.63) is 35.4 Å². The number of rotatable bonds is 0. The van der Waals surface area contributed by atoms with Crippen molar-refractivity contribution in [1.82, 2.24) is 0 Å². The van der Waals surface area contributed by atoms with Crippen LogP contribution < -0.4 is 0 Å². The molecule has 64 valence electrons. The molecule has 1 atom stereocenters. The summed E-state index contributed by atoms with van der Waals surface area (Å²) in [6.07, 6.45) is 0. The Morgan fingerprint density at radius 3 is 2.67 bits per heavy atom. The molecule has 0 spiro atoms. The van der Waals surface area contributed by atoms with E-state index in [-0.39, 0.29) is 11.0 Å². The summed E-state index contributed by atoms with van der Waals surface area (Å²) in [6, 6.07) is 7.55. The van der Waals surface area contributed by atoms with Crippen molar-refractivity contribution in [3.63, 3.8) is 0 Å². The Morgan fingerprint density at radius 1 is 1.33 bits per heavy atom. The van der Waals surface area contributed by atoms with E-state index in [2.05, 4.69) is 0 Å². The zero-order valence-corrected chi connectivity index (χ0v) is 7.64. The van der Waals surface area contributed by atoms with E-state index in [9.17, 15) is 8.42 Å². The summed E-state index contributed by atoms with van der Waals surface area (Å²) in [6.45, 7) is 1.75. The molecular formula is C9H10O2S. The van der Waals surface area contributed by atoms with Crippen LogP contribution in [0.3, 0.4) is 0 Å². The maximum atomic E-state index is 11.4. The molecule has 1 unspecified atom stereocenters. The second kappa shape index (κ2) is 2.33. The van der Waals surface area contributed by atoms with Crippen LogP contribution in [0.15, 0.2) is 24.3 Å². The second-order valence-electron chi connectivity index (χ2n) is 3.15.